The van der Waals surface area contributed by atoms with Crippen LogP contribution in [0.5, 0.6) is 0 Å². The van der Waals surface area contributed by atoms with Crippen LogP contribution in [-0.2, 0) is 11.3 Å². The second-order valence-electron chi connectivity index (χ2n) is 6.29. The van der Waals surface area contributed by atoms with Crippen molar-refractivity contribution in [2.24, 2.45) is 17.6 Å². The Balaban J connectivity index is 1.50. The lowest BCUT2D eigenvalue weighted by molar-refractivity contribution is -0.118. The number of amides is 1. The minimum Gasteiger partial charge on any atom is -0.370 e. The van der Waals surface area contributed by atoms with E-state index in [1.807, 2.05) is 12.3 Å². The molecule has 1 aromatic rings. The molecule has 0 aromatic carbocycles. The molecule has 0 aliphatic heterocycles. The number of anilines is 1. The molecule has 2 saturated carbocycles. The topological polar surface area (TPSA) is 72.9 Å². The van der Waals surface area contributed by atoms with E-state index in [-0.39, 0.29) is 5.91 Å². The van der Waals surface area contributed by atoms with E-state index in [0.29, 0.717) is 19.0 Å². The molecule has 2 aliphatic carbocycles. The van der Waals surface area contributed by atoms with Gasteiger partial charge in [-0.05, 0) is 37.5 Å². The number of hydrogen-bond donors (Lipinski definition) is 2. The van der Waals surface area contributed by atoms with E-state index in [4.69, 9.17) is 5.73 Å². The van der Waals surface area contributed by atoms with Crippen LogP contribution in [0.1, 0.15) is 44.9 Å². The third-order valence-corrected chi connectivity index (χ3v) is 4.58. The Hall–Kier alpha value is -1.52. The molecule has 3 rings (SSSR count). The van der Waals surface area contributed by atoms with Gasteiger partial charge in [0.2, 0.25) is 5.91 Å². The Morgan fingerprint density at radius 1 is 1.35 bits per heavy atom. The number of carbonyl (C=O) groups excluding carboxylic acids is 1. The molecule has 5 nitrogen and oxygen atoms in total. The zero-order chi connectivity index (χ0) is 13.9. The van der Waals surface area contributed by atoms with E-state index in [9.17, 15) is 4.79 Å². The molecule has 0 unspecified atom stereocenters. The third-order valence-electron chi connectivity index (χ3n) is 4.58. The number of nitrogens with two attached hydrogens (primary N) is 1. The monoisotopic (exact) mass is 276 g/mol. The summed E-state index contributed by atoms with van der Waals surface area (Å²) in [6.07, 6.45) is 10.4. The Morgan fingerprint density at radius 2 is 2.20 bits per heavy atom. The average Bonchev–Trinajstić information content (AvgIpc) is 3.19. The number of nitrogens with one attached hydrogen (secondary N) is 1. The van der Waals surface area contributed by atoms with Gasteiger partial charge in [0.25, 0.3) is 0 Å². The van der Waals surface area contributed by atoms with Gasteiger partial charge >= 0.3 is 0 Å². The van der Waals surface area contributed by atoms with Crippen molar-refractivity contribution < 1.29 is 4.79 Å². The van der Waals surface area contributed by atoms with Crippen molar-refractivity contribution in [2.75, 3.05) is 5.32 Å². The third kappa shape index (κ3) is 3.52. The quantitative estimate of drug-likeness (QED) is 0.836. The van der Waals surface area contributed by atoms with Crippen LogP contribution in [0.25, 0.3) is 0 Å². The number of hydrogen-bond acceptors (Lipinski definition) is 3. The zero-order valence-corrected chi connectivity index (χ0v) is 11.9. The molecule has 2 fully saturated rings. The molecular weight excluding hydrogens is 252 g/mol. The molecule has 2 aliphatic rings. The summed E-state index contributed by atoms with van der Waals surface area (Å²) in [4.78, 5) is 10.8. The van der Waals surface area contributed by atoms with E-state index >= 15 is 0 Å². The van der Waals surface area contributed by atoms with Crippen molar-refractivity contribution in [1.82, 2.24) is 9.78 Å². The summed E-state index contributed by atoms with van der Waals surface area (Å²) in [5.41, 5.74) is 5.15. The molecule has 1 aromatic heterocycles. The molecule has 0 spiro atoms. The first-order valence-electron chi connectivity index (χ1n) is 7.79. The van der Waals surface area contributed by atoms with Crippen molar-refractivity contribution in [3.63, 3.8) is 0 Å². The second kappa shape index (κ2) is 5.85. The van der Waals surface area contributed by atoms with Crippen LogP contribution in [0.2, 0.25) is 0 Å². The van der Waals surface area contributed by atoms with Gasteiger partial charge in [0.15, 0.2) is 0 Å². The summed E-state index contributed by atoms with van der Waals surface area (Å²) in [7, 11) is 0. The van der Waals surface area contributed by atoms with Gasteiger partial charge in [0.05, 0.1) is 0 Å². The molecule has 0 bridgehead atoms. The fourth-order valence-corrected chi connectivity index (χ4v) is 3.35. The van der Waals surface area contributed by atoms with Gasteiger partial charge in [-0.25, -0.2) is 0 Å². The lowest BCUT2D eigenvalue weighted by Crippen LogP contribution is -2.28. The summed E-state index contributed by atoms with van der Waals surface area (Å²) in [5, 5.41) is 8.01. The standard InChI is InChI=1S/C15H24N4O/c16-14(20)6-8-19-9-7-15(18-19)17-13-3-1-2-12(10-13)11-4-5-11/h7,9,11-13H,1-6,8,10H2,(H2,16,20)(H,17,18)/t12-,13+/m0/s1. The number of rotatable bonds is 6. The largest absolute Gasteiger partial charge is 0.370 e. The lowest BCUT2D eigenvalue weighted by Gasteiger charge is -2.29. The maximum absolute atomic E-state index is 10.8. The predicted octanol–water partition coefficient (Wildman–Crippen LogP) is 2.14. The van der Waals surface area contributed by atoms with Gasteiger partial charge in [0.1, 0.15) is 5.82 Å². The van der Waals surface area contributed by atoms with E-state index in [0.717, 1.165) is 17.7 Å². The highest BCUT2D eigenvalue weighted by Gasteiger charge is 2.34. The van der Waals surface area contributed by atoms with Crippen LogP contribution in [-0.4, -0.2) is 21.7 Å². The van der Waals surface area contributed by atoms with Crippen molar-refractivity contribution in [2.45, 2.75) is 57.5 Å². The van der Waals surface area contributed by atoms with Crippen molar-refractivity contribution in [3.8, 4) is 0 Å². The molecule has 110 valence electrons. The molecule has 0 radical (unpaired) electrons. The van der Waals surface area contributed by atoms with E-state index in [1.165, 1.54) is 38.5 Å². The van der Waals surface area contributed by atoms with Gasteiger partial charge in [-0.2, -0.15) is 5.10 Å². The second-order valence-corrected chi connectivity index (χ2v) is 6.29. The maximum atomic E-state index is 10.8. The highest BCUT2D eigenvalue weighted by atomic mass is 16.1. The maximum Gasteiger partial charge on any atom is 0.219 e. The summed E-state index contributed by atoms with van der Waals surface area (Å²) in [5.74, 6) is 2.58. The molecule has 1 heterocycles. The van der Waals surface area contributed by atoms with Crippen molar-refractivity contribution in [3.05, 3.63) is 12.3 Å². The minimum atomic E-state index is -0.283. The minimum absolute atomic E-state index is 0.283. The van der Waals surface area contributed by atoms with Crippen LogP contribution in [0.4, 0.5) is 5.82 Å². The zero-order valence-electron chi connectivity index (χ0n) is 11.9. The number of nitrogens with zero attached hydrogens (tertiary/aromatic N) is 2. The number of aromatic nitrogens is 2. The van der Waals surface area contributed by atoms with Crippen LogP contribution in [0.3, 0.4) is 0 Å². The fourth-order valence-electron chi connectivity index (χ4n) is 3.35. The van der Waals surface area contributed by atoms with Crippen LogP contribution < -0.4 is 11.1 Å². The highest BCUT2D eigenvalue weighted by molar-refractivity contribution is 5.73. The summed E-state index contributed by atoms with van der Waals surface area (Å²) >= 11 is 0. The molecule has 5 heteroatoms. The SMILES string of the molecule is NC(=O)CCn1ccc(N[C@@H]2CCC[C@H](C3CC3)C2)n1. The van der Waals surface area contributed by atoms with Gasteiger partial charge in [-0.3, -0.25) is 9.48 Å². The van der Waals surface area contributed by atoms with Crippen LogP contribution in [0.15, 0.2) is 12.3 Å². The summed E-state index contributed by atoms with van der Waals surface area (Å²) in [6.45, 7) is 0.562. The Labute approximate surface area is 119 Å². The van der Waals surface area contributed by atoms with Crippen LogP contribution in [0, 0.1) is 11.8 Å². The fraction of sp³-hybridized carbons (Fsp3) is 0.733. The lowest BCUT2D eigenvalue weighted by atomic mass is 9.83. The molecule has 2 atom stereocenters. The Bertz CT molecular complexity index is 466. The van der Waals surface area contributed by atoms with Gasteiger partial charge in [-0.15, -0.1) is 0 Å². The molecule has 0 saturated heterocycles. The van der Waals surface area contributed by atoms with Gasteiger partial charge < -0.3 is 11.1 Å². The number of primary amides is 1. The average molecular weight is 276 g/mol. The molecular formula is C15H24N4O. The van der Waals surface area contributed by atoms with Crippen molar-refractivity contribution in [1.29, 1.82) is 0 Å². The first kappa shape index (κ1) is 13.5. The van der Waals surface area contributed by atoms with E-state index < -0.39 is 0 Å². The van der Waals surface area contributed by atoms with Crippen LogP contribution >= 0.6 is 0 Å². The van der Waals surface area contributed by atoms with Gasteiger partial charge in [0, 0.05) is 31.3 Å². The van der Waals surface area contributed by atoms with E-state index in [1.54, 1.807) is 4.68 Å². The first-order chi connectivity index (χ1) is 9.70. The number of carbonyl (C=O) groups is 1. The van der Waals surface area contributed by atoms with Gasteiger partial charge in [-0.1, -0.05) is 12.8 Å². The summed E-state index contributed by atoms with van der Waals surface area (Å²) in [6, 6.07) is 2.55. The van der Waals surface area contributed by atoms with Crippen molar-refractivity contribution >= 4 is 11.7 Å². The molecule has 20 heavy (non-hydrogen) atoms. The highest BCUT2D eigenvalue weighted by Crippen LogP contribution is 2.44. The smallest absolute Gasteiger partial charge is 0.219 e. The normalized spacial score (nSPS) is 26.4. The Kier molecular flexibility index (Phi) is 3.94. The first-order valence-corrected chi connectivity index (χ1v) is 7.79. The van der Waals surface area contributed by atoms with E-state index in [2.05, 4.69) is 10.4 Å². The molecule has 3 N–H and O–H groups in total. The number of aryl methyl sites for hydroxylation is 1. The Morgan fingerprint density at radius 3 is 2.95 bits per heavy atom. The summed E-state index contributed by atoms with van der Waals surface area (Å²) < 4.78 is 1.79. The molecule has 1 amide bonds. The predicted molar refractivity (Wildman–Crippen MR) is 78.1 cm³/mol.